The van der Waals surface area contributed by atoms with E-state index in [4.69, 9.17) is 11.6 Å². The summed E-state index contributed by atoms with van der Waals surface area (Å²) in [7, 11) is 0. The quantitative estimate of drug-likeness (QED) is 0.865. The number of carbonyl (C=O) groups excluding carboxylic acids is 2. The fraction of sp³-hybridized carbons (Fsp3) is 0.333. The van der Waals surface area contributed by atoms with Crippen LogP contribution in [0.2, 0.25) is 5.02 Å². The Bertz CT molecular complexity index is 619. The Kier molecular flexibility index (Phi) is 3.34. The first kappa shape index (κ1) is 13.3. The van der Waals surface area contributed by atoms with Crippen LogP contribution >= 0.6 is 11.6 Å². The van der Waals surface area contributed by atoms with Crippen molar-refractivity contribution in [3.63, 3.8) is 0 Å². The van der Waals surface area contributed by atoms with Crippen LogP contribution < -0.4 is 5.32 Å². The minimum absolute atomic E-state index is 0.0180. The van der Waals surface area contributed by atoms with E-state index < -0.39 is 11.7 Å². The summed E-state index contributed by atoms with van der Waals surface area (Å²) in [5.41, 5.74) is 1.43. The summed E-state index contributed by atoms with van der Waals surface area (Å²) in [4.78, 5) is 24.0. The van der Waals surface area contributed by atoms with Gasteiger partial charge in [-0.3, -0.25) is 9.59 Å². The zero-order chi connectivity index (χ0) is 14.3. The predicted octanol–water partition coefficient (Wildman–Crippen LogP) is 3.09. The zero-order valence-corrected chi connectivity index (χ0v) is 11.5. The van der Waals surface area contributed by atoms with E-state index in [2.05, 4.69) is 5.32 Å². The van der Waals surface area contributed by atoms with Crippen molar-refractivity contribution in [1.29, 1.82) is 0 Å². The van der Waals surface area contributed by atoms with E-state index in [0.29, 0.717) is 24.1 Å². The van der Waals surface area contributed by atoms with Gasteiger partial charge in [-0.05, 0) is 25.0 Å². The van der Waals surface area contributed by atoms with Gasteiger partial charge in [0, 0.05) is 40.6 Å². The van der Waals surface area contributed by atoms with E-state index in [-0.39, 0.29) is 28.7 Å². The van der Waals surface area contributed by atoms with Gasteiger partial charge >= 0.3 is 0 Å². The molecule has 0 aromatic heterocycles. The Morgan fingerprint density at radius 2 is 2.05 bits per heavy atom. The van der Waals surface area contributed by atoms with Crippen LogP contribution in [0.4, 0.5) is 4.39 Å². The molecule has 2 aliphatic rings. The molecule has 0 radical (unpaired) electrons. The number of carbonyl (C=O) groups is 2. The lowest BCUT2D eigenvalue weighted by atomic mass is 9.78. The largest absolute Gasteiger partial charge is 0.329 e. The van der Waals surface area contributed by atoms with Crippen LogP contribution in [-0.2, 0) is 9.59 Å². The molecule has 1 aromatic carbocycles. The van der Waals surface area contributed by atoms with Crippen molar-refractivity contribution in [3.8, 4) is 0 Å². The molecule has 3 nitrogen and oxygen atoms in total. The Balaban J connectivity index is 2.16. The Labute approximate surface area is 120 Å². The van der Waals surface area contributed by atoms with Crippen LogP contribution in [0.5, 0.6) is 0 Å². The number of ketones is 1. The van der Waals surface area contributed by atoms with Gasteiger partial charge in [0.15, 0.2) is 5.78 Å². The predicted molar refractivity (Wildman–Crippen MR) is 72.8 cm³/mol. The molecule has 0 spiro atoms. The lowest BCUT2D eigenvalue weighted by molar-refractivity contribution is -0.122. The number of hydrogen-bond acceptors (Lipinski definition) is 2. The molecule has 1 amide bonds. The lowest BCUT2D eigenvalue weighted by Crippen LogP contribution is -2.36. The number of Topliss-reactive ketones (excluding diaryl/α,β-unsaturated/α-hetero) is 1. The number of benzene rings is 1. The third kappa shape index (κ3) is 2.14. The molecule has 1 heterocycles. The van der Waals surface area contributed by atoms with Gasteiger partial charge in [-0.1, -0.05) is 17.7 Å². The van der Waals surface area contributed by atoms with Crippen molar-refractivity contribution in [2.75, 3.05) is 0 Å². The molecule has 0 bridgehead atoms. The average molecular weight is 294 g/mol. The third-order valence-electron chi connectivity index (χ3n) is 3.83. The highest BCUT2D eigenvalue weighted by Gasteiger charge is 2.36. The van der Waals surface area contributed by atoms with Gasteiger partial charge in [0.2, 0.25) is 5.91 Å². The Morgan fingerprint density at radius 3 is 2.80 bits per heavy atom. The van der Waals surface area contributed by atoms with Gasteiger partial charge in [-0.15, -0.1) is 0 Å². The molecule has 0 saturated heterocycles. The van der Waals surface area contributed by atoms with E-state index in [1.807, 2.05) is 0 Å². The topological polar surface area (TPSA) is 46.2 Å². The van der Waals surface area contributed by atoms with Crippen molar-refractivity contribution in [3.05, 3.63) is 45.9 Å². The first-order valence-corrected chi connectivity index (χ1v) is 6.95. The second-order valence-electron chi connectivity index (χ2n) is 5.11. The van der Waals surface area contributed by atoms with Crippen LogP contribution in [0.15, 0.2) is 29.5 Å². The van der Waals surface area contributed by atoms with E-state index in [0.717, 1.165) is 6.42 Å². The summed E-state index contributed by atoms with van der Waals surface area (Å²) in [6.45, 7) is 0. The second kappa shape index (κ2) is 5.02. The zero-order valence-electron chi connectivity index (χ0n) is 10.7. The maximum Gasteiger partial charge on any atom is 0.225 e. The highest BCUT2D eigenvalue weighted by Crippen LogP contribution is 2.41. The maximum absolute atomic E-state index is 14.1. The van der Waals surface area contributed by atoms with Gasteiger partial charge in [0.05, 0.1) is 0 Å². The molecular weight excluding hydrogens is 281 g/mol. The van der Waals surface area contributed by atoms with Gasteiger partial charge in [-0.25, -0.2) is 4.39 Å². The summed E-state index contributed by atoms with van der Waals surface area (Å²) in [5, 5.41) is 3.00. The lowest BCUT2D eigenvalue weighted by Gasteiger charge is -2.31. The molecule has 1 N–H and O–H groups in total. The Hall–Kier alpha value is -1.68. The number of nitrogens with one attached hydrogen (secondary N) is 1. The highest BCUT2D eigenvalue weighted by molar-refractivity contribution is 6.31. The molecule has 20 heavy (non-hydrogen) atoms. The highest BCUT2D eigenvalue weighted by atomic mass is 35.5. The molecular formula is C15H13ClFNO2. The minimum Gasteiger partial charge on any atom is -0.329 e. The average Bonchev–Trinajstić information content (AvgIpc) is 2.38. The van der Waals surface area contributed by atoms with Gasteiger partial charge in [-0.2, -0.15) is 0 Å². The number of allylic oxidation sites excluding steroid dienone is 2. The SMILES string of the molecule is O=C1C[C@@H](c2c(F)cccc2Cl)C2=C(CCCC2=O)N1. The fourth-order valence-corrected chi connectivity index (χ4v) is 3.29. The van der Waals surface area contributed by atoms with Gasteiger partial charge in [0.25, 0.3) is 0 Å². The number of halogens is 2. The molecule has 1 atom stereocenters. The van der Waals surface area contributed by atoms with Crippen molar-refractivity contribution < 1.29 is 14.0 Å². The molecule has 1 aromatic rings. The minimum atomic E-state index is -0.569. The van der Waals surface area contributed by atoms with E-state index in [1.165, 1.54) is 12.1 Å². The van der Waals surface area contributed by atoms with Crippen LogP contribution in [0.1, 0.15) is 37.2 Å². The van der Waals surface area contributed by atoms with Crippen molar-refractivity contribution in [2.45, 2.75) is 31.6 Å². The monoisotopic (exact) mass is 293 g/mol. The van der Waals surface area contributed by atoms with Crippen LogP contribution in [-0.4, -0.2) is 11.7 Å². The summed E-state index contributed by atoms with van der Waals surface area (Å²) < 4.78 is 14.1. The normalized spacial score (nSPS) is 22.6. The first-order valence-electron chi connectivity index (χ1n) is 6.58. The van der Waals surface area contributed by atoms with Crippen LogP contribution in [0.3, 0.4) is 0 Å². The molecule has 0 saturated carbocycles. The molecule has 5 heteroatoms. The number of hydrogen-bond donors (Lipinski definition) is 1. The standard InChI is InChI=1S/C15H13ClFNO2/c16-9-3-1-4-10(17)14(9)8-7-13(20)18-11-5-2-6-12(19)15(8)11/h1,3-4,8H,2,5-7H2,(H,18,20)/t8-/m0/s1. The van der Waals surface area contributed by atoms with Gasteiger partial charge in [0.1, 0.15) is 5.82 Å². The van der Waals surface area contributed by atoms with E-state index >= 15 is 0 Å². The van der Waals surface area contributed by atoms with Gasteiger partial charge < -0.3 is 5.32 Å². The number of rotatable bonds is 1. The molecule has 1 aliphatic carbocycles. The summed E-state index contributed by atoms with van der Waals surface area (Å²) in [6, 6.07) is 4.41. The van der Waals surface area contributed by atoms with Crippen molar-refractivity contribution in [1.82, 2.24) is 5.32 Å². The summed E-state index contributed by atoms with van der Waals surface area (Å²) >= 11 is 6.08. The first-order chi connectivity index (χ1) is 9.58. The molecule has 0 unspecified atom stereocenters. The summed E-state index contributed by atoms with van der Waals surface area (Å²) in [5.74, 6) is -1.25. The molecule has 104 valence electrons. The number of amides is 1. The van der Waals surface area contributed by atoms with E-state index in [1.54, 1.807) is 6.07 Å². The second-order valence-corrected chi connectivity index (χ2v) is 5.52. The molecule has 0 fully saturated rings. The molecule has 1 aliphatic heterocycles. The molecule has 3 rings (SSSR count). The van der Waals surface area contributed by atoms with Crippen LogP contribution in [0.25, 0.3) is 0 Å². The van der Waals surface area contributed by atoms with E-state index in [9.17, 15) is 14.0 Å². The fourth-order valence-electron chi connectivity index (χ4n) is 2.99. The summed E-state index contributed by atoms with van der Waals surface area (Å²) in [6.07, 6.45) is 1.87. The van der Waals surface area contributed by atoms with Crippen molar-refractivity contribution in [2.24, 2.45) is 0 Å². The Morgan fingerprint density at radius 1 is 1.25 bits per heavy atom. The maximum atomic E-state index is 14.1. The smallest absolute Gasteiger partial charge is 0.225 e. The third-order valence-corrected chi connectivity index (χ3v) is 4.16. The van der Waals surface area contributed by atoms with Crippen molar-refractivity contribution >= 4 is 23.3 Å². The van der Waals surface area contributed by atoms with Crippen LogP contribution in [0, 0.1) is 5.82 Å².